The van der Waals surface area contributed by atoms with E-state index < -0.39 is 0 Å². The van der Waals surface area contributed by atoms with Gasteiger partial charge in [0.15, 0.2) is 10.2 Å². The Balaban J connectivity index is 0.00000552. The Morgan fingerprint density at radius 3 is 1.78 bits per heavy atom. The number of hydrogen-bond acceptors (Lipinski definition) is 7. The van der Waals surface area contributed by atoms with E-state index in [-0.39, 0.29) is 43.3 Å². The van der Waals surface area contributed by atoms with Crippen molar-refractivity contribution in [1.82, 2.24) is 0 Å². The average molecular weight is 669 g/mol. The molecule has 0 amide bonds. The first kappa shape index (κ1) is 36.9. The normalized spacial score (nSPS) is 19.8. The van der Waals surface area contributed by atoms with Crippen LogP contribution >= 0.6 is 34.9 Å². The molecule has 0 atom stereocenters. The maximum atomic E-state index is 13.3. The molecule has 0 radical (unpaired) electrons. The van der Waals surface area contributed by atoms with Crippen LogP contribution in [0.4, 0.5) is 0 Å². The molecule has 0 bridgehead atoms. The quantitative estimate of drug-likeness (QED) is 0.247. The van der Waals surface area contributed by atoms with E-state index in [1.165, 1.54) is 9.75 Å². The summed E-state index contributed by atoms with van der Waals surface area (Å²) in [6.07, 6.45) is 13.1. The Hall–Kier alpha value is -2.52. The lowest BCUT2D eigenvalue weighted by molar-refractivity contribution is -0.113. The van der Waals surface area contributed by atoms with E-state index in [2.05, 4.69) is 107 Å². The minimum absolute atomic E-state index is 0. The highest BCUT2D eigenvalue weighted by molar-refractivity contribution is 8.05. The molecule has 1 aromatic heterocycles. The van der Waals surface area contributed by atoms with Crippen LogP contribution < -0.4 is 0 Å². The zero-order valence-corrected chi connectivity index (χ0v) is 31.1. The van der Waals surface area contributed by atoms with Crippen LogP contribution in [-0.2, 0) is 25.1 Å². The van der Waals surface area contributed by atoms with E-state index in [1.807, 2.05) is 18.2 Å². The van der Waals surface area contributed by atoms with Crippen LogP contribution in [-0.4, -0.2) is 25.9 Å². The summed E-state index contributed by atoms with van der Waals surface area (Å²) in [5.74, 6) is 0.470. The molecule has 0 spiro atoms. The first-order chi connectivity index (χ1) is 20.1. The fraction of sp³-hybridized carbons (Fsp3) is 0.459. The summed E-state index contributed by atoms with van der Waals surface area (Å²) in [5.41, 5.74) is 2.32. The Bertz CT molecular complexity index is 1490. The van der Waals surface area contributed by atoms with Crippen LogP contribution in [0.5, 0.6) is 0 Å². The minimum atomic E-state index is -0.162. The first-order valence-corrected chi connectivity index (χ1v) is 17.5. The van der Waals surface area contributed by atoms with Gasteiger partial charge in [0.25, 0.3) is 0 Å². The highest BCUT2D eigenvalue weighted by Gasteiger charge is 2.35. The second-order valence-electron chi connectivity index (χ2n) is 15.4. The number of carbonyl (C=O) groups excluding carboxylic acids is 1. The summed E-state index contributed by atoms with van der Waals surface area (Å²) >= 11 is 5.17. The second-order valence-corrected chi connectivity index (χ2v) is 20.2. The van der Waals surface area contributed by atoms with E-state index in [4.69, 9.17) is 9.47 Å². The zero-order chi connectivity index (χ0) is 32.8. The Kier molecular flexibility index (Phi) is 10.9. The van der Waals surface area contributed by atoms with Gasteiger partial charge in [-0.1, -0.05) is 107 Å². The third kappa shape index (κ3) is 9.74. The van der Waals surface area contributed by atoms with Crippen molar-refractivity contribution in [2.45, 2.75) is 103 Å². The number of thioether (sulfide) groups is 2. The molecule has 5 nitrogen and oxygen atoms in total. The van der Waals surface area contributed by atoms with Crippen LogP contribution in [0.2, 0.25) is 0 Å². The monoisotopic (exact) mass is 668 g/mol. The van der Waals surface area contributed by atoms with Crippen LogP contribution in [0.1, 0.15) is 98.4 Å². The smallest absolute Gasteiger partial charge is 0.219 e. The van der Waals surface area contributed by atoms with Gasteiger partial charge in [-0.3, -0.25) is 4.79 Å². The van der Waals surface area contributed by atoms with Gasteiger partial charge in [-0.15, -0.1) is 0 Å². The van der Waals surface area contributed by atoms with Gasteiger partial charge in [0.05, 0.1) is 23.3 Å². The molecule has 244 valence electrons. The number of Topliss-reactive ketones (excluding diaryl/α,β-unsaturated/α-hetero) is 1. The summed E-state index contributed by atoms with van der Waals surface area (Å²) < 4.78 is 12.2. The largest absolute Gasteiger partial charge is 0.870 e. The SMILES string of the molecule is CC(C)(C)SC1=CC(C2=CC(=CC3=C(O)C(=Cc4cc(C(C)(C)C)[s+]c(C(C)(C)C)c4)C3=O)C=CO2)C=C(SC(C)(C)C)O1.[OH-]. The van der Waals surface area contributed by atoms with Crippen LogP contribution in [0.3, 0.4) is 0 Å². The molecule has 0 unspecified atom stereocenters. The molecule has 0 saturated heterocycles. The Labute approximate surface area is 282 Å². The second kappa shape index (κ2) is 13.3. The third-order valence-electron chi connectivity index (χ3n) is 6.66. The summed E-state index contributed by atoms with van der Waals surface area (Å²) in [7, 11) is 0. The van der Waals surface area contributed by atoms with E-state index in [0.29, 0.717) is 11.1 Å². The van der Waals surface area contributed by atoms with Crippen molar-refractivity contribution in [2.75, 3.05) is 0 Å². The van der Waals surface area contributed by atoms with Gasteiger partial charge in [0.2, 0.25) is 26.9 Å². The van der Waals surface area contributed by atoms with E-state index >= 15 is 0 Å². The number of carbonyl (C=O) groups is 1. The molecule has 0 fully saturated rings. The van der Waals surface area contributed by atoms with Crippen molar-refractivity contribution in [3.8, 4) is 0 Å². The van der Waals surface area contributed by atoms with Crippen molar-refractivity contribution in [3.63, 3.8) is 0 Å². The standard InChI is InChI=1S/C37H46O4S3.H2O/c1-34(2,3)28-18-23(19-29(42-28)35(4,5)6)16-26-32(38)25(33(26)39)15-22-13-14-40-27(17-22)24-20-30(43-36(7,8)9)41-31(21-24)44-37(10,11)12;/h13-21,24H,1-12H3;1H2. The lowest BCUT2D eigenvalue weighted by atomic mass is 9.84. The molecule has 3 heterocycles. The van der Waals surface area contributed by atoms with Gasteiger partial charge in [-0.2, -0.15) is 0 Å². The molecule has 2 N–H and O–H groups in total. The molecule has 3 aliphatic rings. The predicted molar refractivity (Wildman–Crippen MR) is 193 cm³/mol. The lowest BCUT2D eigenvalue weighted by Gasteiger charge is -2.29. The van der Waals surface area contributed by atoms with Gasteiger partial charge >= 0.3 is 0 Å². The average Bonchev–Trinajstić information content (AvgIpc) is 2.87. The Morgan fingerprint density at radius 1 is 0.822 bits per heavy atom. The van der Waals surface area contributed by atoms with E-state index in [0.717, 1.165) is 27.1 Å². The number of ketones is 1. The van der Waals surface area contributed by atoms with E-state index in [9.17, 15) is 9.90 Å². The lowest BCUT2D eigenvalue weighted by Crippen LogP contribution is -2.21. The number of aliphatic hydroxyl groups is 1. The molecule has 1 aliphatic carbocycles. The highest BCUT2D eigenvalue weighted by atomic mass is 32.2. The molecular weight excluding hydrogens is 621 g/mol. The van der Waals surface area contributed by atoms with Gasteiger partial charge in [0, 0.05) is 32.5 Å². The maximum absolute atomic E-state index is 13.3. The van der Waals surface area contributed by atoms with Gasteiger partial charge in [-0.25, -0.2) is 0 Å². The van der Waals surface area contributed by atoms with Crippen LogP contribution in [0.25, 0.3) is 6.08 Å². The van der Waals surface area contributed by atoms with Crippen molar-refractivity contribution in [1.29, 1.82) is 0 Å². The Morgan fingerprint density at radius 2 is 1.33 bits per heavy atom. The molecule has 0 aromatic carbocycles. The van der Waals surface area contributed by atoms with Crippen molar-refractivity contribution in [2.24, 2.45) is 5.92 Å². The molecule has 45 heavy (non-hydrogen) atoms. The molecule has 2 aliphatic heterocycles. The molecular formula is C37H48O5S3. The minimum Gasteiger partial charge on any atom is -0.870 e. The van der Waals surface area contributed by atoms with Crippen molar-refractivity contribution >= 4 is 46.7 Å². The summed E-state index contributed by atoms with van der Waals surface area (Å²) in [4.78, 5) is 15.8. The molecule has 4 rings (SSSR count). The number of allylic oxidation sites excluding steroid dienone is 7. The topological polar surface area (TPSA) is 85.8 Å². The van der Waals surface area contributed by atoms with Crippen LogP contribution in [0, 0.1) is 5.92 Å². The fourth-order valence-electron chi connectivity index (χ4n) is 4.48. The van der Waals surface area contributed by atoms with Crippen molar-refractivity contribution < 1.29 is 24.9 Å². The van der Waals surface area contributed by atoms with Gasteiger partial charge < -0.3 is 20.1 Å². The van der Waals surface area contributed by atoms with Crippen LogP contribution in [0.15, 0.2) is 87.2 Å². The number of rotatable bonds is 5. The van der Waals surface area contributed by atoms with Gasteiger partial charge in [0.1, 0.15) is 11.5 Å². The zero-order valence-electron chi connectivity index (χ0n) is 28.6. The summed E-state index contributed by atoms with van der Waals surface area (Å²) in [6, 6.07) is 4.26. The van der Waals surface area contributed by atoms with Gasteiger partial charge in [-0.05, 0) is 47.6 Å². The molecule has 0 saturated carbocycles. The number of aliphatic hydroxyl groups excluding tert-OH is 1. The number of ether oxygens (including phenoxy) is 2. The fourth-order valence-corrected chi connectivity index (χ4v) is 7.67. The maximum Gasteiger partial charge on any atom is 0.219 e. The molecule has 1 aromatic rings. The highest BCUT2D eigenvalue weighted by Crippen LogP contribution is 2.44. The summed E-state index contributed by atoms with van der Waals surface area (Å²) in [6.45, 7) is 26.2. The third-order valence-corrected chi connectivity index (χ3v) is 10.6. The first-order valence-electron chi connectivity index (χ1n) is 15.0. The van der Waals surface area contributed by atoms with E-state index in [1.54, 1.807) is 47.2 Å². The number of hydrogen-bond donors (Lipinski definition) is 1. The predicted octanol–water partition coefficient (Wildman–Crippen LogP) is 11.0. The summed E-state index contributed by atoms with van der Waals surface area (Å²) in [5, 5.41) is 12.7. The molecule has 8 heteroatoms. The van der Waals surface area contributed by atoms with Crippen molar-refractivity contribution in [3.05, 3.63) is 103 Å².